The van der Waals surface area contributed by atoms with Gasteiger partial charge in [0, 0.05) is 29.3 Å². The molecule has 6 atom stereocenters. The Bertz CT molecular complexity index is 1250. The summed E-state index contributed by atoms with van der Waals surface area (Å²) in [5.74, 6) is -4.89. The number of carboxylic acids is 1. The van der Waals surface area contributed by atoms with Gasteiger partial charge in [-0.3, -0.25) is 19.2 Å². The van der Waals surface area contributed by atoms with Gasteiger partial charge in [0.05, 0.1) is 18.8 Å². The summed E-state index contributed by atoms with van der Waals surface area (Å²) in [7, 11) is 0. The number of rotatable bonds is 16. The Kier molecular flexibility index (Phi) is 13.2. The van der Waals surface area contributed by atoms with E-state index in [-0.39, 0.29) is 18.1 Å². The molecule has 0 unspecified atom stereocenters. The normalized spacial score (nSPS) is 15.6. The first-order valence-electron chi connectivity index (χ1n) is 13.4. The number of fused-ring (bicyclic) bond motifs is 1. The molecule has 0 aliphatic carbocycles. The molecule has 0 bridgehead atoms. The predicted octanol–water partition coefficient (Wildman–Crippen LogP) is -1.59. The highest BCUT2D eigenvalue weighted by Crippen LogP contribution is 2.19. The van der Waals surface area contributed by atoms with Crippen molar-refractivity contribution in [1.82, 2.24) is 26.3 Å². The average molecular weight is 609 g/mol. The molecule has 0 radical (unpaired) electrons. The number of nitrogens with one attached hydrogen (secondary N) is 5. The third kappa shape index (κ3) is 9.72. The summed E-state index contributed by atoms with van der Waals surface area (Å²) in [6.45, 7) is 4.17. The van der Waals surface area contributed by atoms with E-state index in [4.69, 9.17) is 5.73 Å². The van der Waals surface area contributed by atoms with Crippen LogP contribution in [0.3, 0.4) is 0 Å². The van der Waals surface area contributed by atoms with E-state index in [9.17, 15) is 39.3 Å². The lowest BCUT2D eigenvalue weighted by molar-refractivity contribution is -0.142. The zero-order valence-corrected chi connectivity index (χ0v) is 24.6. The third-order valence-corrected chi connectivity index (χ3v) is 6.83. The molecule has 0 aliphatic heterocycles. The van der Waals surface area contributed by atoms with Crippen molar-refractivity contribution in [3.63, 3.8) is 0 Å². The number of benzene rings is 1. The fourth-order valence-corrected chi connectivity index (χ4v) is 4.44. The number of para-hydroxylation sites is 1. The lowest BCUT2D eigenvalue weighted by Gasteiger charge is -2.27. The van der Waals surface area contributed by atoms with E-state index in [1.165, 1.54) is 6.92 Å². The van der Waals surface area contributed by atoms with Crippen LogP contribution >= 0.6 is 12.6 Å². The van der Waals surface area contributed by atoms with E-state index < -0.39 is 72.5 Å². The first-order chi connectivity index (χ1) is 19.8. The Morgan fingerprint density at radius 3 is 2.07 bits per heavy atom. The molecule has 0 fully saturated rings. The Hall–Kier alpha value is -3.66. The van der Waals surface area contributed by atoms with Crippen molar-refractivity contribution in [3.8, 4) is 0 Å². The number of carbonyl (C=O) groups is 5. The third-order valence-electron chi connectivity index (χ3n) is 6.47. The van der Waals surface area contributed by atoms with Crippen LogP contribution in [-0.2, 0) is 30.4 Å². The molecule has 1 aromatic heterocycles. The fourth-order valence-electron chi connectivity index (χ4n) is 4.20. The number of aliphatic hydroxyl groups is 2. The molecule has 1 aromatic carbocycles. The number of aromatic nitrogens is 1. The van der Waals surface area contributed by atoms with Crippen LogP contribution in [0, 0.1) is 5.92 Å². The van der Waals surface area contributed by atoms with Crippen LogP contribution in [0.15, 0.2) is 30.5 Å². The first kappa shape index (κ1) is 34.5. The number of carboxylic acid groups (broad SMARTS) is 1. The number of amides is 4. The highest BCUT2D eigenvalue weighted by atomic mass is 32.1. The van der Waals surface area contributed by atoms with Crippen LogP contribution < -0.4 is 27.0 Å². The predicted molar refractivity (Wildman–Crippen MR) is 157 cm³/mol. The number of nitrogens with two attached hydrogens (primary N) is 1. The molecule has 2 aromatic rings. The topological polar surface area (TPSA) is 236 Å². The Balaban J connectivity index is 2.31. The quantitative estimate of drug-likeness (QED) is 0.0988. The molecule has 0 saturated carbocycles. The first-order valence-corrected chi connectivity index (χ1v) is 14.1. The van der Waals surface area contributed by atoms with Gasteiger partial charge in [0.2, 0.25) is 23.6 Å². The Labute approximate surface area is 248 Å². The largest absolute Gasteiger partial charge is 0.480 e. The molecule has 15 heteroatoms. The maximum atomic E-state index is 13.4. The second kappa shape index (κ2) is 16.1. The minimum atomic E-state index is -1.55. The summed E-state index contributed by atoms with van der Waals surface area (Å²) in [5.41, 5.74) is 7.33. The van der Waals surface area contributed by atoms with Gasteiger partial charge in [0.1, 0.15) is 24.2 Å². The maximum Gasteiger partial charge on any atom is 0.327 e. The van der Waals surface area contributed by atoms with Crippen molar-refractivity contribution >= 4 is 53.1 Å². The minimum absolute atomic E-state index is 0.0803. The smallest absolute Gasteiger partial charge is 0.327 e. The number of aliphatic hydroxyl groups excluding tert-OH is 2. The highest BCUT2D eigenvalue weighted by molar-refractivity contribution is 7.80. The van der Waals surface area contributed by atoms with E-state index in [1.807, 2.05) is 26.0 Å². The molecule has 14 nitrogen and oxygen atoms in total. The van der Waals surface area contributed by atoms with E-state index in [1.54, 1.807) is 18.3 Å². The standard InChI is InChI=1S/C27H40N6O8S/c1-13(2)8-17(28)23(36)33-22(14(3)35)26(39)30-19(9-15-10-29-18-7-5-4-6-16(15)18)24(37)31-20(11-34)25(38)32-21(12-42)27(40)41/h4-7,10,13-14,17,19-22,29,34-35,42H,8-9,11-12,28H2,1-3H3,(H,30,39)(H,31,37)(H,32,38)(H,33,36)(H,40,41)/t14-,17+,19+,20+,21+,22+/m1/s1. The van der Waals surface area contributed by atoms with Crippen molar-refractivity contribution in [2.45, 2.75) is 69.9 Å². The summed E-state index contributed by atoms with van der Waals surface area (Å²) >= 11 is 3.88. The Morgan fingerprint density at radius 1 is 0.905 bits per heavy atom. The highest BCUT2D eigenvalue weighted by Gasteiger charge is 2.33. The summed E-state index contributed by atoms with van der Waals surface area (Å²) in [6, 6.07) is 0.569. The average Bonchev–Trinajstić information content (AvgIpc) is 3.34. The molecule has 1 heterocycles. The van der Waals surface area contributed by atoms with Gasteiger partial charge in [-0.05, 0) is 30.9 Å². The Morgan fingerprint density at radius 2 is 1.50 bits per heavy atom. The molecule has 4 amide bonds. The monoisotopic (exact) mass is 608 g/mol. The lowest BCUT2D eigenvalue weighted by Crippen LogP contribution is -2.61. The van der Waals surface area contributed by atoms with Gasteiger partial charge in [0.15, 0.2) is 0 Å². The zero-order valence-electron chi connectivity index (χ0n) is 23.7. The molecular formula is C27H40N6O8S. The maximum absolute atomic E-state index is 13.4. The van der Waals surface area contributed by atoms with E-state index in [2.05, 4.69) is 38.9 Å². The van der Waals surface area contributed by atoms with Crippen molar-refractivity contribution in [2.75, 3.05) is 12.4 Å². The molecule has 10 N–H and O–H groups in total. The second-order valence-electron chi connectivity index (χ2n) is 10.4. The van der Waals surface area contributed by atoms with E-state index in [0.717, 1.165) is 10.9 Å². The van der Waals surface area contributed by atoms with Gasteiger partial charge in [-0.15, -0.1) is 0 Å². The SMILES string of the molecule is CC(C)C[C@H](N)C(=O)N[C@H](C(=O)N[C@@H](Cc1c[nH]c2ccccc12)C(=O)N[C@@H](CO)C(=O)N[C@@H](CS)C(=O)O)[C@@H](C)O. The van der Waals surface area contributed by atoms with Crippen LogP contribution in [0.25, 0.3) is 10.9 Å². The minimum Gasteiger partial charge on any atom is -0.480 e. The van der Waals surface area contributed by atoms with E-state index in [0.29, 0.717) is 12.0 Å². The van der Waals surface area contributed by atoms with Crippen molar-refractivity contribution in [2.24, 2.45) is 11.7 Å². The van der Waals surface area contributed by atoms with Crippen molar-refractivity contribution < 1.29 is 39.3 Å². The number of H-pyrrole nitrogens is 1. The van der Waals surface area contributed by atoms with Crippen LogP contribution in [0.1, 0.15) is 32.8 Å². The van der Waals surface area contributed by atoms with Crippen LogP contribution in [0.2, 0.25) is 0 Å². The van der Waals surface area contributed by atoms with Gasteiger partial charge >= 0.3 is 5.97 Å². The second-order valence-corrected chi connectivity index (χ2v) is 10.8. The summed E-state index contributed by atoms with van der Waals surface area (Å²) in [5, 5.41) is 39.5. The van der Waals surface area contributed by atoms with Crippen molar-refractivity contribution in [1.29, 1.82) is 0 Å². The number of hydrogen-bond donors (Lipinski definition) is 10. The molecule has 0 spiro atoms. The summed E-state index contributed by atoms with van der Waals surface area (Å²) in [6.07, 6.45) is 0.549. The lowest BCUT2D eigenvalue weighted by atomic mass is 10.0. The summed E-state index contributed by atoms with van der Waals surface area (Å²) in [4.78, 5) is 66.3. The molecule has 2 rings (SSSR count). The molecule has 42 heavy (non-hydrogen) atoms. The van der Waals surface area contributed by atoms with Gasteiger partial charge in [-0.25, -0.2) is 4.79 Å². The van der Waals surface area contributed by atoms with Gasteiger partial charge in [-0.2, -0.15) is 12.6 Å². The number of hydrogen-bond acceptors (Lipinski definition) is 9. The van der Waals surface area contributed by atoms with Gasteiger partial charge < -0.3 is 47.3 Å². The van der Waals surface area contributed by atoms with E-state index >= 15 is 0 Å². The van der Waals surface area contributed by atoms with Crippen LogP contribution in [0.4, 0.5) is 0 Å². The van der Waals surface area contributed by atoms with Gasteiger partial charge in [0.25, 0.3) is 0 Å². The van der Waals surface area contributed by atoms with Gasteiger partial charge in [-0.1, -0.05) is 32.0 Å². The fraction of sp³-hybridized carbons (Fsp3) is 0.519. The molecule has 232 valence electrons. The molecule has 0 saturated heterocycles. The summed E-state index contributed by atoms with van der Waals surface area (Å²) < 4.78 is 0. The number of aromatic amines is 1. The van der Waals surface area contributed by atoms with Crippen LogP contribution in [0.5, 0.6) is 0 Å². The number of aliphatic carboxylic acids is 1. The number of carbonyl (C=O) groups excluding carboxylic acids is 4. The van der Waals surface area contributed by atoms with Crippen LogP contribution in [-0.4, -0.2) is 98.6 Å². The zero-order chi connectivity index (χ0) is 31.6. The molecule has 0 aliphatic rings. The number of thiol groups is 1. The molecular weight excluding hydrogens is 568 g/mol. The van der Waals surface area contributed by atoms with Crippen molar-refractivity contribution in [3.05, 3.63) is 36.0 Å².